The van der Waals surface area contributed by atoms with Crippen LogP contribution in [0.2, 0.25) is 0 Å². The fourth-order valence-corrected chi connectivity index (χ4v) is 3.56. The third-order valence-electron chi connectivity index (χ3n) is 4.59. The van der Waals surface area contributed by atoms with Gasteiger partial charge in [0.2, 0.25) is 11.6 Å². The number of hydrogen-bond donors (Lipinski definition) is 2. The molecule has 0 aliphatic rings. The first-order valence-electron chi connectivity index (χ1n) is 9.31. The molecule has 144 valence electrons. The highest BCUT2D eigenvalue weighted by molar-refractivity contribution is 7.98. The SMILES string of the molecule is CCc1cc(Nc2nc3nnn(CCCCCSC)c3c(=O)[nH]2)ccc1C. The smallest absolute Gasteiger partial charge is 0.280 e. The van der Waals surface area contributed by atoms with Gasteiger partial charge in [-0.05, 0) is 61.5 Å². The molecule has 0 radical (unpaired) electrons. The van der Waals surface area contributed by atoms with Gasteiger partial charge >= 0.3 is 0 Å². The van der Waals surface area contributed by atoms with E-state index in [-0.39, 0.29) is 5.56 Å². The number of nitrogens with one attached hydrogen (secondary N) is 2. The van der Waals surface area contributed by atoms with Gasteiger partial charge in [-0.2, -0.15) is 16.7 Å². The Balaban J connectivity index is 1.76. The van der Waals surface area contributed by atoms with Crippen molar-refractivity contribution in [1.29, 1.82) is 0 Å². The zero-order valence-electron chi connectivity index (χ0n) is 16.1. The molecule has 0 fully saturated rings. The number of nitrogens with zero attached hydrogens (tertiary/aromatic N) is 4. The van der Waals surface area contributed by atoms with Gasteiger partial charge < -0.3 is 5.32 Å². The molecule has 2 heterocycles. The fraction of sp³-hybridized carbons (Fsp3) is 0.474. The Morgan fingerprint density at radius 3 is 2.89 bits per heavy atom. The third kappa shape index (κ3) is 4.68. The summed E-state index contributed by atoms with van der Waals surface area (Å²) in [5, 5.41) is 11.4. The Labute approximate surface area is 163 Å². The molecule has 0 spiro atoms. The van der Waals surface area contributed by atoms with Gasteiger partial charge in [0.25, 0.3) is 5.56 Å². The highest BCUT2D eigenvalue weighted by Crippen LogP contribution is 2.19. The Bertz CT molecular complexity index is 964. The molecule has 0 bridgehead atoms. The van der Waals surface area contributed by atoms with Crippen molar-refractivity contribution in [2.45, 2.75) is 46.1 Å². The van der Waals surface area contributed by atoms with Crippen molar-refractivity contribution >= 4 is 34.6 Å². The van der Waals surface area contributed by atoms with Gasteiger partial charge in [0.1, 0.15) is 0 Å². The largest absolute Gasteiger partial charge is 0.326 e. The van der Waals surface area contributed by atoms with E-state index in [9.17, 15) is 4.79 Å². The van der Waals surface area contributed by atoms with E-state index in [1.807, 2.05) is 17.8 Å². The molecule has 0 unspecified atom stereocenters. The Morgan fingerprint density at radius 1 is 1.26 bits per heavy atom. The third-order valence-corrected chi connectivity index (χ3v) is 5.29. The van der Waals surface area contributed by atoms with Crippen LogP contribution in [0.25, 0.3) is 11.2 Å². The molecule has 8 heteroatoms. The predicted octanol–water partition coefficient (Wildman–Crippen LogP) is 3.66. The van der Waals surface area contributed by atoms with E-state index in [1.54, 1.807) is 4.68 Å². The Morgan fingerprint density at radius 2 is 2.11 bits per heavy atom. The summed E-state index contributed by atoms with van der Waals surface area (Å²) in [5.74, 6) is 1.54. The number of benzene rings is 1. The quantitative estimate of drug-likeness (QED) is 0.546. The zero-order chi connectivity index (χ0) is 19.2. The second kappa shape index (κ2) is 9.03. The molecule has 2 aromatic heterocycles. The molecular formula is C19H26N6OS. The second-order valence-electron chi connectivity index (χ2n) is 6.57. The molecule has 0 aliphatic heterocycles. The summed E-state index contributed by atoms with van der Waals surface area (Å²) in [7, 11) is 0. The van der Waals surface area contributed by atoms with Crippen LogP contribution in [-0.2, 0) is 13.0 Å². The summed E-state index contributed by atoms with van der Waals surface area (Å²) in [6.07, 6.45) is 6.33. The van der Waals surface area contributed by atoms with Crippen LogP contribution in [0.3, 0.4) is 0 Å². The maximum absolute atomic E-state index is 12.5. The number of aromatic nitrogens is 5. The molecule has 0 aliphatic carbocycles. The first kappa shape index (κ1) is 19.4. The van der Waals surface area contributed by atoms with Gasteiger partial charge in [0.05, 0.1) is 0 Å². The Kier molecular flexibility index (Phi) is 6.49. The van der Waals surface area contributed by atoms with Gasteiger partial charge in [0.15, 0.2) is 5.52 Å². The lowest BCUT2D eigenvalue weighted by molar-refractivity contribution is 0.550. The molecule has 0 saturated heterocycles. The monoisotopic (exact) mass is 386 g/mol. The number of hydrogen-bond acceptors (Lipinski definition) is 6. The summed E-state index contributed by atoms with van der Waals surface area (Å²) in [6.45, 7) is 4.89. The van der Waals surface area contributed by atoms with Crippen LogP contribution >= 0.6 is 11.8 Å². The first-order chi connectivity index (χ1) is 13.1. The lowest BCUT2D eigenvalue weighted by atomic mass is 10.1. The second-order valence-corrected chi connectivity index (χ2v) is 7.56. The van der Waals surface area contributed by atoms with Crippen molar-refractivity contribution in [2.24, 2.45) is 0 Å². The van der Waals surface area contributed by atoms with Crippen LogP contribution in [0.5, 0.6) is 0 Å². The lowest BCUT2D eigenvalue weighted by Gasteiger charge is -2.09. The standard InChI is InChI=1S/C19H26N6OS/c1-4-14-12-15(9-8-13(14)2)20-19-21-17-16(18(26)22-19)25(24-23-17)10-6-5-7-11-27-3/h8-9,12H,4-7,10-11H2,1-3H3,(H2,20,21,22,26). The van der Waals surface area contributed by atoms with E-state index in [0.29, 0.717) is 23.7 Å². The van der Waals surface area contributed by atoms with Gasteiger partial charge in [-0.3, -0.25) is 9.78 Å². The van der Waals surface area contributed by atoms with Crippen molar-refractivity contribution in [1.82, 2.24) is 25.0 Å². The maximum atomic E-state index is 12.5. The average molecular weight is 387 g/mol. The Hall–Kier alpha value is -2.35. The number of thioether (sulfide) groups is 1. The summed E-state index contributed by atoms with van der Waals surface area (Å²) in [5.41, 5.74) is 3.98. The van der Waals surface area contributed by atoms with Crippen LogP contribution in [0.4, 0.5) is 11.6 Å². The van der Waals surface area contributed by atoms with Gasteiger partial charge in [-0.1, -0.05) is 24.6 Å². The molecule has 27 heavy (non-hydrogen) atoms. The van der Waals surface area contributed by atoms with Gasteiger partial charge in [-0.15, -0.1) is 5.10 Å². The molecule has 0 amide bonds. The van der Waals surface area contributed by atoms with E-state index in [0.717, 1.165) is 30.7 Å². The highest BCUT2D eigenvalue weighted by Gasteiger charge is 2.12. The van der Waals surface area contributed by atoms with Crippen LogP contribution in [0, 0.1) is 6.92 Å². The molecule has 3 rings (SSSR count). The number of aromatic amines is 1. The van der Waals surface area contributed by atoms with Crippen LogP contribution in [-0.4, -0.2) is 37.0 Å². The molecule has 1 aromatic carbocycles. The normalized spacial score (nSPS) is 11.2. The summed E-state index contributed by atoms with van der Waals surface area (Å²) < 4.78 is 1.66. The number of anilines is 2. The van der Waals surface area contributed by atoms with E-state index >= 15 is 0 Å². The predicted molar refractivity (Wildman–Crippen MR) is 112 cm³/mol. The minimum atomic E-state index is -0.223. The summed E-state index contributed by atoms with van der Waals surface area (Å²) in [4.78, 5) is 19.8. The summed E-state index contributed by atoms with van der Waals surface area (Å²) >= 11 is 1.85. The van der Waals surface area contributed by atoms with E-state index < -0.39 is 0 Å². The van der Waals surface area contributed by atoms with Crippen molar-refractivity contribution in [2.75, 3.05) is 17.3 Å². The van der Waals surface area contributed by atoms with Gasteiger partial charge in [0, 0.05) is 12.2 Å². The van der Waals surface area contributed by atoms with E-state index in [1.165, 1.54) is 17.5 Å². The van der Waals surface area contributed by atoms with Crippen molar-refractivity contribution in [3.63, 3.8) is 0 Å². The minimum absolute atomic E-state index is 0.223. The topological polar surface area (TPSA) is 88.5 Å². The molecule has 2 N–H and O–H groups in total. The van der Waals surface area contributed by atoms with Crippen LogP contribution in [0.15, 0.2) is 23.0 Å². The average Bonchev–Trinajstić information content (AvgIpc) is 3.06. The summed E-state index contributed by atoms with van der Waals surface area (Å²) in [6, 6.07) is 6.11. The number of rotatable bonds is 9. The van der Waals surface area contributed by atoms with Crippen LogP contribution < -0.4 is 10.9 Å². The highest BCUT2D eigenvalue weighted by atomic mass is 32.2. The lowest BCUT2D eigenvalue weighted by Crippen LogP contribution is -2.15. The molecule has 0 atom stereocenters. The zero-order valence-corrected chi connectivity index (χ0v) is 16.9. The molecule has 0 saturated carbocycles. The van der Waals surface area contributed by atoms with Crippen molar-refractivity contribution in [3.05, 3.63) is 39.7 Å². The number of fused-ring (bicyclic) bond motifs is 1. The first-order valence-corrected chi connectivity index (χ1v) is 10.7. The van der Waals surface area contributed by atoms with Crippen molar-refractivity contribution < 1.29 is 0 Å². The van der Waals surface area contributed by atoms with E-state index in [4.69, 9.17) is 0 Å². The van der Waals surface area contributed by atoms with E-state index in [2.05, 4.69) is 57.8 Å². The number of aryl methyl sites for hydroxylation is 3. The minimum Gasteiger partial charge on any atom is -0.326 e. The van der Waals surface area contributed by atoms with Gasteiger partial charge in [-0.25, -0.2) is 4.68 Å². The molecule has 3 aromatic rings. The number of H-pyrrole nitrogens is 1. The molecular weight excluding hydrogens is 360 g/mol. The maximum Gasteiger partial charge on any atom is 0.280 e. The number of unbranched alkanes of at least 4 members (excludes halogenated alkanes) is 2. The van der Waals surface area contributed by atoms with Crippen molar-refractivity contribution in [3.8, 4) is 0 Å². The molecule has 7 nitrogen and oxygen atoms in total. The van der Waals surface area contributed by atoms with Crippen LogP contribution in [0.1, 0.15) is 37.3 Å². The fourth-order valence-electron chi connectivity index (χ4n) is 3.07.